The number of methoxy groups -OCH3 is 1. The lowest BCUT2D eigenvalue weighted by molar-refractivity contribution is -0.146. The van der Waals surface area contributed by atoms with Crippen LogP contribution in [0.5, 0.6) is 11.5 Å². The smallest absolute Gasteiger partial charge is 0.328 e. The molecule has 0 radical (unpaired) electrons. The van der Waals surface area contributed by atoms with Gasteiger partial charge in [0.25, 0.3) is 0 Å². The zero-order valence-electron chi connectivity index (χ0n) is 30.3. The molecule has 0 heterocycles. The number of Topliss-reactive ketones (excluding diaryl/α,β-unsaturated/α-hetero) is 2. The zero-order valence-corrected chi connectivity index (χ0v) is 30.3. The van der Waals surface area contributed by atoms with E-state index in [9.17, 15) is 37.9 Å². The Hall–Kier alpha value is -5.95. The third-order valence-electron chi connectivity index (χ3n) is 7.64. The van der Waals surface area contributed by atoms with Crippen molar-refractivity contribution in [3.8, 4) is 11.5 Å². The number of carbonyl (C=O) groups is 5. The van der Waals surface area contributed by atoms with Gasteiger partial charge in [0.05, 0.1) is 19.8 Å². The fourth-order valence-electron chi connectivity index (χ4n) is 5.13. The van der Waals surface area contributed by atoms with E-state index in [-0.39, 0.29) is 74.6 Å². The molecular weight excluding hydrogens is 702 g/mol. The van der Waals surface area contributed by atoms with Gasteiger partial charge in [-0.05, 0) is 70.8 Å². The summed E-state index contributed by atoms with van der Waals surface area (Å²) in [7, 11) is 1.20. The number of hydrogen-bond donors (Lipinski definition) is 3. The van der Waals surface area contributed by atoms with Crippen molar-refractivity contribution in [2.45, 2.75) is 64.8 Å². The number of hydrogen-bond acceptors (Lipinski definition) is 9. The van der Waals surface area contributed by atoms with Gasteiger partial charge in [-0.3, -0.25) is 19.2 Å². The van der Waals surface area contributed by atoms with Crippen molar-refractivity contribution in [1.29, 1.82) is 0 Å². The molecular formula is C41H44F2N2O9. The molecule has 286 valence electrons. The molecule has 0 fully saturated rings. The topological polar surface area (TPSA) is 157 Å². The number of carbonyl (C=O) groups excluding carboxylic acids is 5. The lowest BCUT2D eigenvalue weighted by atomic mass is 10.0. The van der Waals surface area contributed by atoms with Crippen LogP contribution >= 0.6 is 0 Å². The van der Waals surface area contributed by atoms with Gasteiger partial charge >= 0.3 is 5.97 Å². The van der Waals surface area contributed by atoms with Crippen LogP contribution in [-0.4, -0.2) is 60.3 Å². The highest BCUT2D eigenvalue weighted by Crippen LogP contribution is 2.17. The lowest BCUT2D eigenvalue weighted by Gasteiger charge is -2.14. The lowest BCUT2D eigenvalue weighted by Crippen LogP contribution is -2.42. The van der Waals surface area contributed by atoms with Crippen molar-refractivity contribution in [2.24, 2.45) is 0 Å². The van der Waals surface area contributed by atoms with E-state index in [1.54, 1.807) is 72.8 Å². The maximum atomic E-state index is 13.2. The van der Waals surface area contributed by atoms with Gasteiger partial charge in [-0.1, -0.05) is 48.5 Å². The first-order valence-corrected chi connectivity index (χ1v) is 17.0. The van der Waals surface area contributed by atoms with E-state index < -0.39 is 24.0 Å². The SMILES string of the molecule is CC(=O)N[C@H](CO)CC(=O)Cc1ccc(OCc2cccc(F)c2)cc1.COC(=O)[C@H](CC(=O)Cc1ccc(OCc2cccc(F)c2)cc1)NC(C)=O. The molecule has 0 aliphatic rings. The summed E-state index contributed by atoms with van der Waals surface area (Å²) in [4.78, 5) is 58.1. The normalized spacial score (nSPS) is 11.5. The van der Waals surface area contributed by atoms with Crippen LogP contribution in [0, 0.1) is 11.6 Å². The fourth-order valence-corrected chi connectivity index (χ4v) is 5.13. The second kappa shape index (κ2) is 22.2. The maximum absolute atomic E-state index is 13.2. The molecule has 0 bridgehead atoms. The van der Waals surface area contributed by atoms with Crippen LogP contribution in [0.2, 0.25) is 0 Å². The second-order valence-corrected chi connectivity index (χ2v) is 12.3. The van der Waals surface area contributed by atoms with Crippen LogP contribution in [0.15, 0.2) is 97.1 Å². The van der Waals surface area contributed by atoms with E-state index in [0.717, 1.165) is 16.7 Å². The summed E-state index contributed by atoms with van der Waals surface area (Å²) in [5.41, 5.74) is 3.01. The highest BCUT2D eigenvalue weighted by Gasteiger charge is 2.23. The van der Waals surface area contributed by atoms with E-state index >= 15 is 0 Å². The van der Waals surface area contributed by atoms with Gasteiger partial charge in [0.15, 0.2) is 0 Å². The summed E-state index contributed by atoms with van der Waals surface area (Å²) in [6.07, 6.45) is 0.246. The van der Waals surface area contributed by atoms with E-state index in [1.807, 2.05) is 0 Å². The number of ketones is 2. The van der Waals surface area contributed by atoms with Crippen LogP contribution in [0.1, 0.15) is 48.9 Å². The molecule has 0 saturated carbocycles. The zero-order chi connectivity index (χ0) is 39.5. The van der Waals surface area contributed by atoms with Crippen LogP contribution in [-0.2, 0) is 54.8 Å². The van der Waals surface area contributed by atoms with E-state index in [0.29, 0.717) is 17.1 Å². The first kappa shape index (κ1) is 42.5. The molecule has 13 heteroatoms. The summed E-state index contributed by atoms with van der Waals surface area (Å²) in [6, 6.07) is 24.8. The molecule has 11 nitrogen and oxygen atoms in total. The molecule has 0 spiro atoms. The summed E-state index contributed by atoms with van der Waals surface area (Å²) < 4.78 is 42.1. The van der Waals surface area contributed by atoms with Gasteiger partial charge in [-0.25, -0.2) is 13.6 Å². The Bertz CT molecular complexity index is 1850. The van der Waals surface area contributed by atoms with E-state index in [1.165, 1.54) is 45.2 Å². The Labute approximate surface area is 312 Å². The van der Waals surface area contributed by atoms with E-state index in [2.05, 4.69) is 15.4 Å². The van der Waals surface area contributed by atoms with Crippen molar-refractivity contribution in [1.82, 2.24) is 10.6 Å². The highest BCUT2D eigenvalue weighted by atomic mass is 19.1. The Kier molecular flexibility index (Phi) is 17.5. The monoisotopic (exact) mass is 746 g/mol. The first-order valence-electron chi connectivity index (χ1n) is 17.0. The molecule has 2 amide bonds. The van der Waals surface area contributed by atoms with Crippen molar-refractivity contribution in [3.63, 3.8) is 0 Å². The third kappa shape index (κ3) is 16.2. The number of ether oxygens (including phenoxy) is 3. The van der Waals surface area contributed by atoms with Gasteiger partial charge in [0, 0.05) is 39.5 Å². The molecule has 3 N–H and O–H groups in total. The van der Waals surface area contributed by atoms with E-state index in [4.69, 9.17) is 9.47 Å². The van der Waals surface area contributed by atoms with Gasteiger partial charge in [0.1, 0.15) is 54.0 Å². The first-order chi connectivity index (χ1) is 25.8. The average molecular weight is 747 g/mol. The predicted molar refractivity (Wildman–Crippen MR) is 195 cm³/mol. The fraction of sp³-hybridized carbons (Fsp3) is 0.293. The summed E-state index contributed by atoms with van der Waals surface area (Å²) in [5.74, 6) is -1.06. The van der Waals surface area contributed by atoms with Crippen LogP contribution in [0.4, 0.5) is 8.78 Å². The maximum Gasteiger partial charge on any atom is 0.328 e. The highest BCUT2D eigenvalue weighted by molar-refractivity contribution is 5.90. The number of aliphatic hydroxyl groups is 1. The van der Waals surface area contributed by atoms with Gasteiger partial charge in [0.2, 0.25) is 11.8 Å². The molecule has 0 aliphatic carbocycles. The Morgan fingerprint density at radius 2 is 1.07 bits per heavy atom. The van der Waals surface area contributed by atoms with Crippen molar-refractivity contribution in [2.75, 3.05) is 13.7 Å². The van der Waals surface area contributed by atoms with Crippen molar-refractivity contribution < 1.29 is 52.1 Å². The number of halogens is 2. The quantitative estimate of drug-likeness (QED) is 0.119. The minimum atomic E-state index is -0.996. The van der Waals surface area contributed by atoms with Crippen LogP contribution in [0.3, 0.4) is 0 Å². The molecule has 0 aliphatic heterocycles. The minimum absolute atomic E-state index is 0.0773. The van der Waals surface area contributed by atoms with Gasteiger partial charge < -0.3 is 30.0 Å². The number of aliphatic hydroxyl groups excluding tert-OH is 1. The number of nitrogens with one attached hydrogen (secondary N) is 2. The van der Waals surface area contributed by atoms with Gasteiger partial charge in [-0.2, -0.15) is 0 Å². The Morgan fingerprint density at radius 1 is 0.630 bits per heavy atom. The summed E-state index contributed by atoms with van der Waals surface area (Å²) >= 11 is 0. The van der Waals surface area contributed by atoms with Gasteiger partial charge in [-0.15, -0.1) is 0 Å². The minimum Gasteiger partial charge on any atom is -0.489 e. The molecule has 4 aromatic carbocycles. The number of rotatable bonds is 18. The van der Waals surface area contributed by atoms with Crippen LogP contribution < -0.4 is 20.1 Å². The third-order valence-corrected chi connectivity index (χ3v) is 7.64. The second-order valence-electron chi connectivity index (χ2n) is 12.3. The Morgan fingerprint density at radius 3 is 1.46 bits per heavy atom. The molecule has 54 heavy (non-hydrogen) atoms. The molecule has 4 aromatic rings. The Balaban J connectivity index is 0.000000291. The molecule has 4 rings (SSSR count). The summed E-state index contributed by atoms with van der Waals surface area (Å²) in [5, 5.41) is 14.1. The predicted octanol–water partition coefficient (Wildman–Crippen LogP) is 4.99. The molecule has 0 unspecified atom stereocenters. The number of benzene rings is 4. The molecule has 0 saturated heterocycles. The molecule has 0 aromatic heterocycles. The van der Waals surface area contributed by atoms with Crippen LogP contribution in [0.25, 0.3) is 0 Å². The van der Waals surface area contributed by atoms with Crippen molar-refractivity contribution in [3.05, 3.63) is 131 Å². The summed E-state index contributed by atoms with van der Waals surface area (Å²) in [6.45, 7) is 2.81. The largest absolute Gasteiger partial charge is 0.489 e. The molecule has 2 atom stereocenters. The number of esters is 1. The number of amides is 2. The standard InChI is InChI=1S/C21H22FNO5.C20H22FNO4/c1-14(24)23-20(21(26)27-2)12-18(25)11-15-6-8-19(9-7-15)28-13-16-4-3-5-17(22)10-16;1-14(24)22-18(12-23)11-19(25)10-15-5-7-20(8-6-15)26-13-16-3-2-4-17(21)9-16/h3-10,20H,11-13H2,1-2H3,(H,23,24);2-9,18,23H,10-13H2,1H3,(H,22,24)/t20-;18-/m00/s1. The average Bonchev–Trinajstić information content (AvgIpc) is 3.13. The van der Waals surface area contributed by atoms with Crippen molar-refractivity contribution >= 4 is 29.4 Å².